The van der Waals surface area contributed by atoms with Gasteiger partial charge in [0.2, 0.25) is 0 Å². The second kappa shape index (κ2) is 11.9. The molecule has 0 aliphatic heterocycles. The van der Waals surface area contributed by atoms with Gasteiger partial charge in [0.15, 0.2) is 0 Å². The molecule has 1 rings (SSSR count). The molecule has 0 fully saturated rings. The number of rotatable bonds is 2. The van der Waals surface area contributed by atoms with E-state index in [9.17, 15) is 5.11 Å². The summed E-state index contributed by atoms with van der Waals surface area (Å²) in [5.41, 5.74) is 0. The molecule has 3 heteroatoms. The summed E-state index contributed by atoms with van der Waals surface area (Å²) in [5.74, 6) is 0. The summed E-state index contributed by atoms with van der Waals surface area (Å²) in [6, 6.07) is 12.5. The first kappa shape index (κ1) is 15.4. The van der Waals surface area contributed by atoms with Crippen LogP contribution in [0, 0.1) is 6.07 Å². The molecular weight excluding hydrogens is 174 g/mol. The average molecular weight is 190 g/mol. The molecule has 0 aromatic heterocycles. The van der Waals surface area contributed by atoms with Crippen molar-refractivity contribution in [2.45, 2.75) is 0 Å². The third kappa shape index (κ3) is 14.7. The fourth-order valence-electron chi connectivity index (χ4n) is 0.525. The van der Waals surface area contributed by atoms with E-state index in [-0.39, 0.29) is 29.7 Å². The van der Waals surface area contributed by atoms with E-state index in [0.29, 0.717) is 6.54 Å². The number of benzene rings is 1. The molecule has 2 nitrogen and oxygen atoms in total. The normalized spacial score (nSPS) is 8.31. The Morgan fingerprint density at radius 3 is 1.77 bits per heavy atom. The summed E-state index contributed by atoms with van der Waals surface area (Å²) in [5, 5.41) is 9.70. The molecule has 0 saturated heterocycles. The van der Waals surface area contributed by atoms with E-state index in [2.05, 4.69) is 6.07 Å². The van der Waals surface area contributed by atoms with Gasteiger partial charge in [-0.05, 0) is 20.6 Å². The maximum Gasteiger partial charge on any atom is 2.00 e. The largest absolute Gasteiger partial charge is 2.00 e. The van der Waals surface area contributed by atoms with E-state index in [1.54, 1.807) is 0 Å². The van der Waals surface area contributed by atoms with E-state index in [4.69, 9.17) is 0 Å². The van der Waals surface area contributed by atoms with Crippen LogP contribution in [0.1, 0.15) is 0 Å². The van der Waals surface area contributed by atoms with Crippen molar-refractivity contribution in [2.75, 3.05) is 27.2 Å². The van der Waals surface area contributed by atoms with Crippen molar-refractivity contribution >= 4 is 23.1 Å². The van der Waals surface area contributed by atoms with Gasteiger partial charge < -0.3 is 10.0 Å². The SMILES string of the molecule is CN(C)CC[O-].[Mg+2].[c-]1ccccc1. The first-order valence-electron chi connectivity index (χ1n) is 3.91. The van der Waals surface area contributed by atoms with Crippen LogP contribution >= 0.6 is 0 Å². The summed E-state index contributed by atoms with van der Waals surface area (Å²) in [6.45, 7) is 0.660. The minimum Gasteiger partial charge on any atom is -0.854 e. The van der Waals surface area contributed by atoms with Gasteiger partial charge in [-0.2, -0.15) is 36.4 Å². The predicted molar refractivity (Wildman–Crippen MR) is 54.5 cm³/mol. The topological polar surface area (TPSA) is 26.3 Å². The van der Waals surface area contributed by atoms with Crippen molar-refractivity contribution in [1.82, 2.24) is 4.90 Å². The summed E-state index contributed by atoms with van der Waals surface area (Å²) < 4.78 is 0. The van der Waals surface area contributed by atoms with Gasteiger partial charge in [-0.25, -0.2) is 0 Å². The van der Waals surface area contributed by atoms with Crippen molar-refractivity contribution in [2.24, 2.45) is 0 Å². The minimum atomic E-state index is 0. The summed E-state index contributed by atoms with van der Waals surface area (Å²) >= 11 is 0. The van der Waals surface area contributed by atoms with Crippen molar-refractivity contribution < 1.29 is 5.11 Å². The molecule has 0 radical (unpaired) electrons. The van der Waals surface area contributed by atoms with E-state index >= 15 is 0 Å². The second-order valence-electron chi connectivity index (χ2n) is 2.58. The smallest absolute Gasteiger partial charge is 0.854 e. The fraction of sp³-hybridized carbons (Fsp3) is 0.400. The fourth-order valence-corrected chi connectivity index (χ4v) is 0.525. The van der Waals surface area contributed by atoms with Gasteiger partial charge in [-0.1, -0.05) is 0 Å². The Labute approximate surface area is 96.7 Å². The number of nitrogens with zero attached hydrogens (tertiary/aromatic N) is 1. The Morgan fingerprint density at radius 2 is 1.69 bits per heavy atom. The summed E-state index contributed by atoms with van der Waals surface area (Å²) in [7, 11) is 3.77. The number of hydrogen-bond acceptors (Lipinski definition) is 2. The van der Waals surface area contributed by atoms with Gasteiger partial charge in [0, 0.05) is 0 Å². The van der Waals surface area contributed by atoms with E-state index in [0.717, 1.165) is 0 Å². The van der Waals surface area contributed by atoms with Gasteiger partial charge >= 0.3 is 23.1 Å². The molecule has 0 aliphatic rings. The van der Waals surface area contributed by atoms with Gasteiger partial charge in [0.05, 0.1) is 0 Å². The minimum absolute atomic E-state index is 0. The van der Waals surface area contributed by atoms with Gasteiger partial charge in [-0.15, -0.1) is 6.61 Å². The van der Waals surface area contributed by atoms with Crippen molar-refractivity contribution in [3.63, 3.8) is 0 Å². The van der Waals surface area contributed by atoms with Gasteiger partial charge in [0.25, 0.3) is 0 Å². The Hall–Kier alpha value is -0.0938. The molecule has 0 saturated carbocycles. The van der Waals surface area contributed by atoms with Crippen molar-refractivity contribution in [1.29, 1.82) is 0 Å². The summed E-state index contributed by atoms with van der Waals surface area (Å²) in [4.78, 5) is 1.87. The molecule has 13 heavy (non-hydrogen) atoms. The Bertz CT molecular complexity index is 141. The zero-order valence-corrected chi connectivity index (χ0v) is 9.78. The van der Waals surface area contributed by atoms with Crippen LogP contribution in [0.5, 0.6) is 0 Å². The quantitative estimate of drug-likeness (QED) is 0.484. The van der Waals surface area contributed by atoms with Gasteiger partial charge in [-0.3, -0.25) is 0 Å². The van der Waals surface area contributed by atoms with Gasteiger partial charge in [0.1, 0.15) is 0 Å². The van der Waals surface area contributed by atoms with Crippen LogP contribution in [0.4, 0.5) is 0 Å². The molecule has 1 aromatic carbocycles. The van der Waals surface area contributed by atoms with Crippen LogP contribution in [0.3, 0.4) is 0 Å². The van der Waals surface area contributed by atoms with E-state index in [1.807, 2.05) is 49.3 Å². The third-order valence-corrected chi connectivity index (χ3v) is 1.15. The molecule has 0 unspecified atom stereocenters. The van der Waals surface area contributed by atoms with Crippen molar-refractivity contribution in [3.8, 4) is 0 Å². The Balaban J connectivity index is 0. The summed E-state index contributed by atoms with van der Waals surface area (Å²) in [6.07, 6.45) is 0. The Kier molecular flexibility index (Phi) is 14.1. The van der Waals surface area contributed by atoms with Crippen LogP contribution < -0.4 is 5.11 Å². The molecule has 0 spiro atoms. The molecule has 0 N–H and O–H groups in total. The maximum absolute atomic E-state index is 9.70. The molecule has 0 amide bonds. The van der Waals surface area contributed by atoms with E-state index in [1.165, 1.54) is 0 Å². The molecule has 0 atom stereocenters. The first-order valence-corrected chi connectivity index (χ1v) is 3.91. The van der Waals surface area contributed by atoms with Crippen molar-refractivity contribution in [3.05, 3.63) is 36.4 Å². The second-order valence-corrected chi connectivity index (χ2v) is 2.58. The molecule has 1 aromatic rings. The van der Waals surface area contributed by atoms with E-state index < -0.39 is 0 Å². The average Bonchev–Trinajstić information content (AvgIpc) is 2.08. The number of hydrogen-bond donors (Lipinski definition) is 0. The monoisotopic (exact) mass is 189 g/mol. The number of likely N-dealkylation sites (N-methyl/N-ethyl adjacent to an activating group) is 1. The molecular formula is C10H15MgNO. The van der Waals surface area contributed by atoms with Crippen LogP contribution in [0.25, 0.3) is 0 Å². The first-order chi connectivity index (χ1) is 5.77. The standard InChI is InChI=1S/C6H5.C4H10NO.Mg/c1-2-4-6-5-3-1;1-5(2)3-4-6;/h1-5H;3-4H2,1-2H3;/q2*-1;+2. The maximum atomic E-state index is 9.70. The Morgan fingerprint density at radius 1 is 1.15 bits per heavy atom. The molecule has 0 heterocycles. The zero-order valence-electron chi connectivity index (χ0n) is 8.36. The molecule has 68 valence electrons. The predicted octanol–water partition coefficient (Wildman–Crippen LogP) is 0.0143. The van der Waals surface area contributed by atoms with Crippen LogP contribution in [0.2, 0.25) is 0 Å². The van der Waals surface area contributed by atoms with Crippen LogP contribution in [-0.4, -0.2) is 55.2 Å². The van der Waals surface area contributed by atoms with Crippen LogP contribution in [0.15, 0.2) is 30.3 Å². The molecule has 0 bridgehead atoms. The molecule has 0 aliphatic carbocycles. The third-order valence-electron chi connectivity index (χ3n) is 1.15. The van der Waals surface area contributed by atoms with Crippen LogP contribution in [-0.2, 0) is 0 Å². The zero-order chi connectivity index (χ0) is 9.23.